The van der Waals surface area contributed by atoms with Gasteiger partial charge in [-0.1, -0.05) is 58.4 Å². The summed E-state index contributed by atoms with van der Waals surface area (Å²) in [4.78, 5) is 2.13. The van der Waals surface area contributed by atoms with Crippen LogP contribution in [-0.4, -0.2) is 32.1 Å². The standard InChI is InChI=1S/C17H20BrNO/c1-19(2)12-13-20-17(14-6-4-3-5-7-14)15-8-10-16(18)11-9-15/h3-11,17H,12-13H2,1-2H3/t17-/m1/s1. The molecule has 0 spiro atoms. The van der Waals surface area contributed by atoms with E-state index in [-0.39, 0.29) is 6.10 Å². The van der Waals surface area contributed by atoms with Gasteiger partial charge < -0.3 is 9.64 Å². The molecule has 0 aliphatic rings. The molecule has 2 aromatic rings. The second-order valence-electron chi connectivity index (χ2n) is 5.02. The van der Waals surface area contributed by atoms with Crippen molar-refractivity contribution in [2.45, 2.75) is 6.10 Å². The molecule has 0 unspecified atom stereocenters. The molecule has 2 aromatic carbocycles. The summed E-state index contributed by atoms with van der Waals surface area (Å²) in [6.07, 6.45) is -0.00995. The van der Waals surface area contributed by atoms with E-state index in [1.54, 1.807) is 0 Å². The molecule has 20 heavy (non-hydrogen) atoms. The first-order valence-corrected chi connectivity index (χ1v) is 7.53. The molecule has 0 heterocycles. The first kappa shape index (κ1) is 15.2. The zero-order valence-electron chi connectivity index (χ0n) is 11.9. The van der Waals surface area contributed by atoms with Gasteiger partial charge in [-0.3, -0.25) is 0 Å². The molecule has 0 N–H and O–H groups in total. The van der Waals surface area contributed by atoms with E-state index in [0.717, 1.165) is 11.0 Å². The summed E-state index contributed by atoms with van der Waals surface area (Å²) in [7, 11) is 4.11. The molecule has 2 rings (SSSR count). The van der Waals surface area contributed by atoms with Gasteiger partial charge in [-0.15, -0.1) is 0 Å². The summed E-state index contributed by atoms with van der Waals surface area (Å²) in [6, 6.07) is 18.7. The number of hydrogen-bond donors (Lipinski definition) is 0. The SMILES string of the molecule is CN(C)CCO[C@H](c1ccccc1)c1ccc(Br)cc1. The smallest absolute Gasteiger partial charge is 0.108 e. The lowest BCUT2D eigenvalue weighted by Crippen LogP contribution is -2.20. The van der Waals surface area contributed by atoms with Crippen LogP contribution in [0.25, 0.3) is 0 Å². The Hall–Kier alpha value is -1.16. The highest BCUT2D eigenvalue weighted by Crippen LogP contribution is 2.27. The number of halogens is 1. The Morgan fingerprint density at radius 1 is 0.950 bits per heavy atom. The molecular weight excluding hydrogens is 314 g/mol. The van der Waals surface area contributed by atoms with Crippen LogP contribution in [0.4, 0.5) is 0 Å². The number of ether oxygens (including phenoxy) is 1. The summed E-state index contributed by atoms with van der Waals surface area (Å²) < 4.78 is 7.19. The van der Waals surface area contributed by atoms with Crippen molar-refractivity contribution in [3.8, 4) is 0 Å². The first-order chi connectivity index (χ1) is 9.66. The van der Waals surface area contributed by atoms with Crippen LogP contribution in [0.5, 0.6) is 0 Å². The highest BCUT2D eigenvalue weighted by molar-refractivity contribution is 9.10. The van der Waals surface area contributed by atoms with Gasteiger partial charge in [0.25, 0.3) is 0 Å². The van der Waals surface area contributed by atoms with Gasteiger partial charge in [-0.2, -0.15) is 0 Å². The number of hydrogen-bond acceptors (Lipinski definition) is 2. The van der Waals surface area contributed by atoms with Gasteiger partial charge in [0.05, 0.1) is 6.61 Å². The van der Waals surface area contributed by atoms with Crippen LogP contribution in [0, 0.1) is 0 Å². The molecular formula is C17H20BrNO. The molecule has 0 aliphatic heterocycles. The van der Waals surface area contributed by atoms with Crippen LogP contribution < -0.4 is 0 Å². The van der Waals surface area contributed by atoms with E-state index in [2.05, 4.69) is 83.5 Å². The first-order valence-electron chi connectivity index (χ1n) is 6.73. The number of benzene rings is 2. The van der Waals surface area contributed by atoms with Gasteiger partial charge in [0, 0.05) is 11.0 Å². The molecule has 0 amide bonds. The second-order valence-corrected chi connectivity index (χ2v) is 5.93. The van der Waals surface area contributed by atoms with Crippen molar-refractivity contribution in [3.63, 3.8) is 0 Å². The van der Waals surface area contributed by atoms with Gasteiger partial charge in [-0.05, 0) is 37.4 Å². The topological polar surface area (TPSA) is 12.5 Å². The van der Waals surface area contributed by atoms with Crippen molar-refractivity contribution in [1.82, 2.24) is 4.90 Å². The molecule has 0 saturated carbocycles. The lowest BCUT2D eigenvalue weighted by atomic mass is 10.0. The molecule has 0 saturated heterocycles. The normalized spacial score (nSPS) is 12.6. The minimum Gasteiger partial charge on any atom is -0.367 e. The van der Waals surface area contributed by atoms with E-state index < -0.39 is 0 Å². The van der Waals surface area contributed by atoms with Crippen LogP contribution in [0.1, 0.15) is 17.2 Å². The van der Waals surface area contributed by atoms with E-state index >= 15 is 0 Å². The van der Waals surface area contributed by atoms with Gasteiger partial charge in [-0.25, -0.2) is 0 Å². The predicted molar refractivity (Wildman–Crippen MR) is 86.9 cm³/mol. The van der Waals surface area contributed by atoms with E-state index in [0.29, 0.717) is 6.61 Å². The Bertz CT molecular complexity index is 510. The molecule has 0 aromatic heterocycles. The third-order valence-electron chi connectivity index (χ3n) is 3.10. The largest absolute Gasteiger partial charge is 0.367 e. The van der Waals surface area contributed by atoms with E-state index in [9.17, 15) is 0 Å². The van der Waals surface area contributed by atoms with Gasteiger partial charge >= 0.3 is 0 Å². The quantitative estimate of drug-likeness (QED) is 0.788. The maximum Gasteiger partial charge on any atom is 0.108 e. The minimum atomic E-state index is -0.00995. The highest BCUT2D eigenvalue weighted by atomic mass is 79.9. The average molecular weight is 334 g/mol. The van der Waals surface area contributed by atoms with Gasteiger partial charge in [0.2, 0.25) is 0 Å². The van der Waals surface area contributed by atoms with Crippen molar-refractivity contribution >= 4 is 15.9 Å². The maximum atomic E-state index is 6.11. The lowest BCUT2D eigenvalue weighted by molar-refractivity contribution is 0.0687. The predicted octanol–water partition coefficient (Wildman–Crippen LogP) is 4.12. The van der Waals surface area contributed by atoms with Crippen LogP contribution in [-0.2, 0) is 4.74 Å². The van der Waals surface area contributed by atoms with Crippen LogP contribution in [0.3, 0.4) is 0 Å². The summed E-state index contributed by atoms with van der Waals surface area (Å²) >= 11 is 3.48. The average Bonchev–Trinajstić information content (AvgIpc) is 2.46. The fourth-order valence-electron chi connectivity index (χ4n) is 2.00. The van der Waals surface area contributed by atoms with Crippen molar-refractivity contribution in [2.75, 3.05) is 27.2 Å². The Morgan fingerprint density at radius 3 is 2.15 bits per heavy atom. The van der Waals surface area contributed by atoms with E-state index in [1.807, 2.05) is 6.07 Å². The molecule has 0 aliphatic carbocycles. The van der Waals surface area contributed by atoms with Crippen LogP contribution in [0.2, 0.25) is 0 Å². The van der Waals surface area contributed by atoms with Gasteiger partial charge in [0.15, 0.2) is 0 Å². The van der Waals surface area contributed by atoms with Crippen molar-refractivity contribution < 1.29 is 4.74 Å². The molecule has 0 fully saturated rings. The van der Waals surface area contributed by atoms with Crippen molar-refractivity contribution in [3.05, 3.63) is 70.2 Å². The lowest BCUT2D eigenvalue weighted by Gasteiger charge is -2.20. The molecule has 106 valence electrons. The monoisotopic (exact) mass is 333 g/mol. The van der Waals surface area contributed by atoms with Gasteiger partial charge in [0.1, 0.15) is 6.10 Å². The van der Waals surface area contributed by atoms with Crippen molar-refractivity contribution in [1.29, 1.82) is 0 Å². The third-order valence-corrected chi connectivity index (χ3v) is 3.63. The van der Waals surface area contributed by atoms with Crippen LogP contribution >= 0.6 is 15.9 Å². The summed E-state index contributed by atoms with van der Waals surface area (Å²) in [5, 5.41) is 0. The van der Waals surface area contributed by atoms with Crippen molar-refractivity contribution in [2.24, 2.45) is 0 Å². The molecule has 2 nitrogen and oxygen atoms in total. The fraction of sp³-hybridized carbons (Fsp3) is 0.294. The Morgan fingerprint density at radius 2 is 1.55 bits per heavy atom. The summed E-state index contributed by atoms with van der Waals surface area (Å²) in [6.45, 7) is 1.63. The summed E-state index contributed by atoms with van der Waals surface area (Å²) in [5.74, 6) is 0. The molecule has 1 atom stereocenters. The Balaban J connectivity index is 2.18. The summed E-state index contributed by atoms with van der Waals surface area (Å²) in [5.41, 5.74) is 2.37. The number of rotatable bonds is 6. The Kier molecular flexibility index (Phi) is 5.77. The minimum absolute atomic E-state index is 0.00995. The van der Waals surface area contributed by atoms with Crippen LogP contribution in [0.15, 0.2) is 59.1 Å². The zero-order valence-corrected chi connectivity index (χ0v) is 13.5. The van der Waals surface area contributed by atoms with E-state index in [4.69, 9.17) is 4.74 Å². The molecule has 0 bridgehead atoms. The second kappa shape index (κ2) is 7.58. The maximum absolute atomic E-state index is 6.11. The van der Waals surface area contributed by atoms with E-state index in [1.165, 1.54) is 11.1 Å². The third kappa shape index (κ3) is 4.44. The zero-order chi connectivity index (χ0) is 14.4. The number of likely N-dealkylation sites (N-methyl/N-ethyl adjacent to an activating group) is 1. The number of nitrogens with zero attached hydrogens (tertiary/aromatic N) is 1. The Labute approximate surface area is 129 Å². The molecule has 0 radical (unpaired) electrons. The fourth-order valence-corrected chi connectivity index (χ4v) is 2.27. The molecule has 3 heteroatoms. The highest BCUT2D eigenvalue weighted by Gasteiger charge is 2.14.